The maximum absolute atomic E-state index is 12.9. The first-order chi connectivity index (χ1) is 9.50. The van der Waals surface area contributed by atoms with Gasteiger partial charge in [-0.3, -0.25) is 4.99 Å². The van der Waals surface area contributed by atoms with E-state index in [1.54, 1.807) is 16.4 Å². The number of amidine groups is 1. The van der Waals surface area contributed by atoms with Crippen LogP contribution in [0.4, 0.5) is 0 Å². The summed E-state index contributed by atoms with van der Waals surface area (Å²) in [6, 6.07) is 7.24. The van der Waals surface area contributed by atoms with Crippen molar-refractivity contribution < 1.29 is 8.42 Å². The Balaban J connectivity index is 1.98. The van der Waals surface area contributed by atoms with Gasteiger partial charge in [-0.25, -0.2) is 12.7 Å². The van der Waals surface area contributed by atoms with Gasteiger partial charge in [0.05, 0.1) is 17.0 Å². The molecule has 1 aromatic carbocycles. The van der Waals surface area contributed by atoms with Crippen molar-refractivity contribution >= 4 is 15.9 Å². The molecule has 1 aromatic rings. The molecular formula is C15H20N2O2S. The molecular weight excluding hydrogens is 272 g/mol. The van der Waals surface area contributed by atoms with Crippen LogP contribution in [0.1, 0.15) is 38.2 Å². The van der Waals surface area contributed by atoms with Gasteiger partial charge in [-0.05, 0) is 38.8 Å². The first kappa shape index (κ1) is 13.6. The molecule has 2 aliphatic rings. The molecule has 0 spiro atoms. The van der Waals surface area contributed by atoms with Crippen LogP contribution in [0, 0.1) is 6.92 Å². The minimum Gasteiger partial charge on any atom is -0.266 e. The van der Waals surface area contributed by atoms with E-state index in [4.69, 9.17) is 0 Å². The SMILES string of the molecule is CC1=N[C@H]2CCCC[C@H]2N1S(=O)(=O)c1ccc(C)cc1. The van der Waals surface area contributed by atoms with Crippen LogP contribution < -0.4 is 0 Å². The monoisotopic (exact) mass is 292 g/mol. The summed E-state index contributed by atoms with van der Waals surface area (Å²) in [6.45, 7) is 3.76. The average molecular weight is 292 g/mol. The minimum atomic E-state index is -3.47. The lowest BCUT2D eigenvalue weighted by atomic mass is 9.92. The molecule has 3 rings (SSSR count). The number of hydrogen-bond acceptors (Lipinski definition) is 3. The van der Waals surface area contributed by atoms with Gasteiger partial charge in [0.25, 0.3) is 10.0 Å². The number of hydrogen-bond donors (Lipinski definition) is 0. The Morgan fingerprint density at radius 3 is 2.45 bits per heavy atom. The summed E-state index contributed by atoms with van der Waals surface area (Å²) in [7, 11) is -3.47. The molecule has 1 aliphatic carbocycles. The minimum absolute atomic E-state index is 0.0232. The van der Waals surface area contributed by atoms with E-state index in [0.29, 0.717) is 10.7 Å². The van der Waals surface area contributed by atoms with Crippen LogP contribution in [-0.4, -0.2) is 30.6 Å². The van der Waals surface area contributed by atoms with Crippen molar-refractivity contribution in [3.05, 3.63) is 29.8 Å². The van der Waals surface area contributed by atoms with E-state index >= 15 is 0 Å². The quantitative estimate of drug-likeness (QED) is 0.841. The zero-order chi connectivity index (χ0) is 14.3. The van der Waals surface area contributed by atoms with Crippen molar-refractivity contribution in [2.45, 2.75) is 56.5 Å². The third kappa shape index (κ3) is 2.14. The molecule has 2 atom stereocenters. The van der Waals surface area contributed by atoms with Gasteiger partial charge in [-0.1, -0.05) is 30.5 Å². The van der Waals surface area contributed by atoms with Crippen LogP contribution in [0.25, 0.3) is 0 Å². The molecule has 0 bridgehead atoms. The van der Waals surface area contributed by atoms with Crippen LogP contribution in [0.2, 0.25) is 0 Å². The molecule has 5 heteroatoms. The molecule has 0 amide bonds. The van der Waals surface area contributed by atoms with E-state index in [-0.39, 0.29) is 12.1 Å². The van der Waals surface area contributed by atoms with Gasteiger partial charge in [-0.2, -0.15) is 0 Å². The molecule has 4 nitrogen and oxygen atoms in total. The molecule has 20 heavy (non-hydrogen) atoms. The standard InChI is InChI=1S/C15H20N2O2S/c1-11-7-9-13(10-8-11)20(18,19)17-12(2)16-14-5-3-4-6-15(14)17/h7-10,14-15H,3-6H2,1-2H3/t14-,15+/m0/s1. The lowest BCUT2D eigenvalue weighted by Crippen LogP contribution is -2.44. The number of rotatable bonds is 2. The van der Waals surface area contributed by atoms with Gasteiger partial charge < -0.3 is 0 Å². The summed E-state index contributed by atoms with van der Waals surface area (Å²) in [5.74, 6) is 0.641. The predicted octanol–water partition coefficient (Wildman–Crippen LogP) is 2.73. The Hall–Kier alpha value is -1.36. The molecule has 0 aromatic heterocycles. The first-order valence-electron chi connectivity index (χ1n) is 7.15. The smallest absolute Gasteiger partial charge is 0.265 e. The molecule has 108 valence electrons. The second-order valence-corrected chi connectivity index (χ2v) is 7.52. The highest BCUT2D eigenvalue weighted by Gasteiger charge is 2.42. The number of aliphatic imine (C=N–C) groups is 1. The second-order valence-electron chi connectivity index (χ2n) is 5.71. The lowest BCUT2D eigenvalue weighted by Gasteiger charge is -2.31. The number of benzene rings is 1. The van der Waals surface area contributed by atoms with E-state index in [2.05, 4.69) is 4.99 Å². The van der Waals surface area contributed by atoms with Gasteiger partial charge in [0, 0.05) is 0 Å². The highest BCUT2D eigenvalue weighted by molar-refractivity contribution is 7.89. The Morgan fingerprint density at radius 1 is 1.10 bits per heavy atom. The van der Waals surface area contributed by atoms with Crippen LogP contribution in [0.3, 0.4) is 0 Å². The van der Waals surface area contributed by atoms with E-state index in [1.165, 1.54) is 0 Å². The van der Waals surface area contributed by atoms with Crippen LogP contribution in [0.15, 0.2) is 34.2 Å². The van der Waals surface area contributed by atoms with Crippen molar-refractivity contribution in [2.75, 3.05) is 0 Å². The molecule has 0 N–H and O–H groups in total. The molecule has 1 saturated carbocycles. The van der Waals surface area contributed by atoms with Crippen LogP contribution >= 0.6 is 0 Å². The van der Waals surface area contributed by atoms with Gasteiger partial charge in [0.2, 0.25) is 0 Å². The highest BCUT2D eigenvalue weighted by atomic mass is 32.2. The highest BCUT2D eigenvalue weighted by Crippen LogP contribution is 2.34. The van der Waals surface area contributed by atoms with E-state index in [9.17, 15) is 8.42 Å². The Labute approximate surface area is 120 Å². The van der Waals surface area contributed by atoms with Crippen LogP contribution in [-0.2, 0) is 10.0 Å². The first-order valence-corrected chi connectivity index (χ1v) is 8.59. The Morgan fingerprint density at radius 2 is 1.75 bits per heavy atom. The Kier molecular flexibility index (Phi) is 3.32. The number of fused-ring (bicyclic) bond motifs is 1. The van der Waals surface area contributed by atoms with Crippen molar-refractivity contribution in [1.29, 1.82) is 0 Å². The van der Waals surface area contributed by atoms with Gasteiger partial charge >= 0.3 is 0 Å². The topological polar surface area (TPSA) is 49.7 Å². The number of sulfonamides is 1. The largest absolute Gasteiger partial charge is 0.266 e. The molecule has 1 heterocycles. The van der Waals surface area contributed by atoms with E-state index in [0.717, 1.165) is 31.2 Å². The average Bonchev–Trinajstić information content (AvgIpc) is 2.75. The molecule has 0 radical (unpaired) electrons. The third-order valence-electron chi connectivity index (χ3n) is 4.24. The van der Waals surface area contributed by atoms with E-state index in [1.807, 2.05) is 26.0 Å². The fourth-order valence-corrected chi connectivity index (χ4v) is 4.93. The van der Waals surface area contributed by atoms with Crippen molar-refractivity contribution in [2.24, 2.45) is 4.99 Å². The number of nitrogens with zero attached hydrogens (tertiary/aromatic N) is 2. The van der Waals surface area contributed by atoms with Crippen molar-refractivity contribution in [1.82, 2.24) is 4.31 Å². The Bertz CT molecular complexity index is 634. The normalized spacial score (nSPS) is 26.3. The van der Waals surface area contributed by atoms with Gasteiger partial charge in [-0.15, -0.1) is 0 Å². The summed E-state index contributed by atoms with van der Waals surface area (Å²) in [5, 5.41) is 0. The maximum atomic E-state index is 12.9. The summed E-state index contributed by atoms with van der Waals surface area (Å²) in [6.07, 6.45) is 4.15. The zero-order valence-electron chi connectivity index (χ0n) is 11.9. The zero-order valence-corrected chi connectivity index (χ0v) is 12.7. The summed E-state index contributed by atoms with van der Waals surface area (Å²) < 4.78 is 27.3. The molecule has 0 saturated heterocycles. The summed E-state index contributed by atoms with van der Waals surface area (Å²) in [4.78, 5) is 4.93. The second kappa shape index (κ2) is 4.88. The summed E-state index contributed by atoms with van der Waals surface area (Å²) >= 11 is 0. The summed E-state index contributed by atoms with van der Waals surface area (Å²) in [5.41, 5.74) is 1.06. The predicted molar refractivity (Wildman–Crippen MR) is 79.4 cm³/mol. The van der Waals surface area contributed by atoms with Gasteiger partial charge in [0.15, 0.2) is 0 Å². The molecule has 0 unspecified atom stereocenters. The van der Waals surface area contributed by atoms with E-state index < -0.39 is 10.0 Å². The molecule has 1 aliphatic heterocycles. The van der Waals surface area contributed by atoms with Crippen LogP contribution in [0.5, 0.6) is 0 Å². The fourth-order valence-electron chi connectivity index (χ4n) is 3.23. The number of aryl methyl sites for hydroxylation is 1. The lowest BCUT2D eigenvalue weighted by molar-refractivity contribution is 0.315. The van der Waals surface area contributed by atoms with Crippen molar-refractivity contribution in [3.8, 4) is 0 Å². The molecule has 1 fully saturated rings. The fraction of sp³-hybridized carbons (Fsp3) is 0.533. The van der Waals surface area contributed by atoms with Crippen molar-refractivity contribution in [3.63, 3.8) is 0 Å². The maximum Gasteiger partial charge on any atom is 0.265 e. The van der Waals surface area contributed by atoms with Gasteiger partial charge in [0.1, 0.15) is 5.84 Å². The third-order valence-corrected chi connectivity index (χ3v) is 6.17.